The van der Waals surface area contributed by atoms with Gasteiger partial charge in [-0.15, -0.1) is 0 Å². The van der Waals surface area contributed by atoms with Gasteiger partial charge in [0.25, 0.3) is 0 Å². The standard InChI is InChI=1S/C7H4ClN3O2S/c8-4-5(9)2(7(12)13)1-3-6(4)11-14-10-3/h1H,9H2,(H,12,13). The molecule has 0 amide bonds. The third kappa shape index (κ3) is 1.19. The Morgan fingerprint density at radius 2 is 2.29 bits per heavy atom. The number of nitrogens with two attached hydrogens (primary N) is 1. The van der Waals surface area contributed by atoms with Gasteiger partial charge in [0.15, 0.2) is 0 Å². The molecule has 72 valence electrons. The number of carboxylic acids is 1. The molecule has 0 aliphatic carbocycles. The number of hydrogen-bond donors (Lipinski definition) is 2. The Labute approximate surface area is 87.4 Å². The maximum atomic E-state index is 10.8. The van der Waals surface area contributed by atoms with Crippen molar-refractivity contribution in [1.82, 2.24) is 8.75 Å². The highest BCUT2D eigenvalue weighted by Crippen LogP contribution is 2.31. The quantitative estimate of drug-likeness (QED) is 0.726. The summed E-state index contributed by atoms with van der Waals surface area (Å²) in [5.41, 5.74) is 6.41. The molecule has 0 unspecified atom stereocenters. The summed E-state index contributed by atoms with van der Waals surface area (Å²) in [5.74, 6) is -1.13. The lowest BCUT2D eigenvalue weighted by atomic mass is 10.1. The molecule has 0 fully saturated rings. The Balaban J connectivity index is 2.87. The molecule has 2 rings (SSSR count). The first-order valence-electron chi connectivity index (χ1n) is 3.55. The van der Waals surface area contributed by atoms with Crippen LogP contribution in [0, 0.1) is 0 Å². The molecule has 0 bridgehead atoms. The molecule has 0 saturated heterocycles. The van der Waals surface area contributed by atoms with E-state index in [1.807, 2.05) is 0 Å². The van der Waals surface area contributed by atoms with Gasteiger partial charge in [-0.1, -0.05) is 11.6 Å². The van der Waals surface area contributed by atoms with Gasteiger partial charge < -0.3 is 10.8 Å². The molecule has 14 heavy (non-hydrogen) atoms. The maximum Gasteiger partial charge on any atom is 0.337 e. The largest absolute Gasteiger partial charge is 0.478 e. The van der Waals surface area contributed by atoms with E-state index in [0.29, 0.717) is 11.0 Å². The van der Waals surface area contributed by atoms with Crippen molar-refractivity contribution in [2.45, 2.75) is 0 Å². The van der Waals surface area contributed by atoms with Gasteiger partial charge in [-0.2, -0.15) is 8.75 Å². The average molecular weight is 230 g/mol. The molecule has 0 spiro atoms. The van der Waals surface area contributed by atoms with Gasteiger partial charge in [0.2, 0.25) is 0 Å². The van der Waals surface area contributed by atoms with Crippen molar-refractivity contribution in [3.63, 3.8) is 0 Å². The topological polar surface area (TPSA) is 89.1 Å². The van der Waals surface area contributed by atoms with E-state index in [-0.39, 0.29) is 16.3 Å². The number of benzene rings is 1. The summed E-state index contributed by atoms with van der Waals surface area (Å²) in [6.07, 6.45) is 0. The molecule has 1 aromatic heterocycles. The minimum Gasteiger partial charge on any atom is -0.478 e. The Bertz CT molecular complexity index is 525. The monoisotopic (exact) mass is 229 g/mol. The highest BCUT2D eigenvalue weighted by atomic mass is 35.5. The molecule has 0 radical (unpaired) electrons. The van der Waals surface area contributed by atoms with Crippen LogP contribution in [-0.2, 0) is 0 Å². The fourth-order valence-corrected chi connectivity index (χ4v) is 1.91. The molecule has 0 aliphatic heterocycles. The van der Waals surface area contributed by atoms with Crippen molar-refractivity contribution >= 4 is 46.0 Å². The Morgan fingerprint density at radius 1 is 1.57 bits per heavy atom. The average Bonchev–Trinajstić information content (AvgIpc) is 2.58. The summed E-state index contributed by atoms with van der Waals surface area (Å²) in [5, 5.41) is 8.95. The molecule has 0 aliphatic rings. The smallest absolute Gasteiger partial charge is 0.337 e. The Hall–Kier alpha value is -1.40. The van der Waals surface area contributed by atoms with Gasteiger partial charge in [0, 0.05) is 0 Å². The van der Waals surface area contributed by atoms with Gasteiger partial charge in [-0.05, 0) is 6.07 Å². The summed E-state index contributed by atoms with van der Waals surface area (Å²) in [6, 6.07) is 1.36. The molecule has 1 heterocycles. The zero-order chi connectivity index (χ0) is 10.3. The van der Waals surface area contributed by atoms with Gasteiger partial charge >= 0.3 is 5.97 Å². The fourth-order valence-electron chi connectivity index (χ4n) is 1.08. The van der Waals surface area contributed by atoms with E-state index in [1.54, 1.807) is 0 Å². The van der Waals surface area contributed by atoms with Gasteiger partial charge in [-0.3, -0.25) is 0 Å². The number of carboxylic acid groups (broad SMARTS) is 1. The van der Waals surface area contributed by atoms with E-state index in [4.69, 9.17) is 22.4 Å². The first-order chi connectivity index (χ1) is 6.61. The van der Waals surface area contributed by atoms with E-state index < -0.39 is 5.97 Å². The number of halogens is 1. The van der Waals surface area contributed by atoms with E-state index in [2.05, 4.69) is 8.75 Å². The van der Waals surface area contributed by atoms with Crippen LogP contribution in [0.2, 0.25) is 5.02 Å². The number of aromatic nitrogens is 2. The van der Waals surface area contributed by atoms with E-state index >= 15 is 0 Å². The number of rotatable bonds is 1. The van der Waals surface area contributed by atoms with Crippen LogP contribution in [0.5, 0.6) is 0 Å². The van der Waals surface area contributed by atoms with Crippen LogP contribution < -0.4 is 5.73 Å². The maximum absolute atomic E-state index is 10.8. The van der Waals surface area contributed by atoms with Crippen LogP contribution in [0.4, 0.5) is 5.69 Å². The van der Waals surface area contributed by atoms with Crippen molar-refractivity contribution in [2.75, 3.05) is 5.73 Å². The highest BCUT2D eigenvalue weighted by Gasteiger charge is 2.16. The number of nitrogens with zero attached hydrogens (tertiary/aromatic N) is 2. The predicted octanol–water partition coefficient (Wildman–Crippen LogP) is 1.63. The summed E-state index contributed by atoms with van der Waals surface area (Å²) >= 11 is 6.80. The Kier molecular flexibility index (Phi) is 2.01. The van der Waals surface area contributed by atoms with E-state index in [0.717, 1.165) is 11.7 Å². The highest BCUT2D eigenvalue weighted by molar-refractivity contribution is 7.00. The second kappa shape index (κ2) is 3.07. The molecule has 7 heteroatoms. The summed E-state index contributed by atoms with van der Waals surface area (Å²) in [7, 11) is 0. The summed E-state index contributed by atoms with van der Waals surface area (Å²) in [6.45, 7) is 0. The first kappa shape index (κ1) is 9.17. The number of carbonyl (C=O) groups is 1. The minimum absolute atomic E-state index is 0.0272. The summed E-state index contributed by atoms with van der Waals surface area (Å²) < 4.78 is 7.80. The van der Waals surface area contributed by atoms with Gasteiger partial charge in [-0.25, -0.2) is 4.79 Å². The van der Waals surface area contributed by atoms with Crippen molar-refractivity contribution in [2.24, 2.45) is 0 Å². The number of aromatic carboxylic acids is 1. The van der Waals surface area contributed by atoms with Crippen LogP contribution in [0.15, 0.2) is 6.07 Å². The minimum atomic E-state index is -1.13. The first-order valence-corrected chi connectivity index (χ1v) is 4.65. The molecular formula is C7H4ClN3O2S. The van der Waals surface area contributed by atoms with Crippen molar-refractivity contribution < 1.29 is 9.90 Å². The Morgan fingerprint density at radius 3 is 2.93 bits per heavy atom. The van der Waals surface area contributed by atoms with Crippen LogP contribution in [0.25, 0.3) is 11.0 Å². The number of fused-ring (bicyclic) bond motifs is 1. The van der Waals surface area contributed by atoms with Crippen LogP contribution >= 0.6 is 23.3 Å². The third-order valence-electron chi connectivity index (χ3n) is 1.76. The lowest BCUT2D eigenvalue weighted by Gasteiger charge is -2.02. The van der Waals surface area contributed by atoms with Gasteiger partial charge in [0.05, 0.1) is 28.0 Å². The molecule has 2 aromatic rings. The summed E-state index contributed by atoms with van der Waals surface area (Å²) in [4.78, 5) is 10.8. The lowest BCUT2D eigenvalue weighted by Crippen LogP contribution is -2.03. The fraction of sp³-hybridized carbons (Fsp3) is 0. The van der Waals surface area contributed by atoms with Crippen LogP contribution in [0.3, 0.4) is 0 Å². The van der Waals surface area contributed by atoms with Crippen molar-refractivity contribution in [3.05, 3.63) is 16.7 Å². The molecule has 3 N–H and O–H groups in total. The molecule has 0 saturated carbocycles. The number of nitrogen functional groups attached to an aromatic ring is 1. The zero-order valence-electron chi connectivity index (χ0n) is 6.69. The van der Waals surface area contributed by atoms with Crippen LogP contribution in [0.1, 0.15) is 10.4 Å². The second-order valence-corrected chi connectivity index (χ2v) is 3.50. The number of anilines is 1. The lowest BCUT2D eigenvalue weighted by molar-refractivity contribution is 0.0698. The molecule has 0 atom stereocenters. The molecular weight excluding hydrogens is 226 g/mol. The normalized spacial score (nSPS) is 10.6. The predicted molar refractivity (Wildman–Crippen MR) is 53.8 cm³/mol. The second-order valence-electron chi connectivity index (χ2n) is 2.59. The van der Waals surface area contributed by atoms with E-state index in [1.165, 1.54) is 6.07 Å². The molecule has 1 aromatic carbocycles. The number of hydrogen-bond acceptors (Lipinski definition) is 5. The van der Waals surface area contributed by atoms with Crippen molar-refractivity contribution in [1.29, 1.82) is 0 Å². The van der Waals surface area contributed by atoms with Gasteiger partial charge in [0.1, 0.15) is 11.0 Å². The molecule has 5 nitrogen and oxygen atoms in total. The van der Waals surface area contributed by atoms with Crippen molar-refractivity contribution in [3.8, 4) is 0 Å². The zero-order valence-corrected chi connectivity index (χ0v) is 8.26. The SMILES string of the molecule is Nc1c(C(=O)O)cc2nsnc2c1Cl. The van der Waals surface area contributed by atoms with E-state index in [9.17, 15) is 4.79 Å². The third-order valence-corrected chi connectivity index (χ3v) is 2.69. The van der Waals surface area contributed by atoms with Crippen LogP contribution in [-0.4, -0.2) is 19.8 Å².